The van der Waals surface area contributed by atoms with Crippen molar-refractivity contribution in [3.05, 3.63) is 29.3 Å². The lowest BCUT2D eigenvalue weighted by atomic mass is 10.1. The Morgan fingerprint density at radius 1 is 1.35 bits per heavy atom. The van der Waals surface area contributed by atoms with Crippen molar-refractivity contribution in [1.82, 2.24) is 4.90 Å². The maximum Gasteiger partial charge on any atom is 0.130 e. The van der Waals surface area contributed by atoms with Crippen molar-refractivity contribution in [3.63, 3.8) is 0 Å². The van der Waals surface area contributed by atoms with Crippen molar-refractivity contribution in [3.8, 4) is 5.75 Å². The van der Waals surface area contributed by atoms with E-state index in [9.17, 15) is 0 Å². The molecule has 112 valence electrons. The Kier molecular flexibility index (Phi) is 7.04. The second-order valence-electron chi connectivity index (χ2n) is 4.97. The molecule has 0 aliphatic carbocycles. The maximum absolute atomic E-state index is 8.74. The van der Waals surface area contributed by atoms with Crippen LogP contribution in [0.15, 0.2) is 18.2 Å². The number of methoxy groups -OCH3 is 1. The average molecular weight is 279 g/mol. The van der Waals surface area contributed by atoms with Crippen molar-refractivity contribution < 1.29 is 9.84 Å². The summed E-state index contributed by atoms with van der Waals surface area (Å²) in [6.45, 7) is 2.10. The Balaban J connectivity index is 2.57. The molecule has 0 unspecified atom stereocenters. The van der Waals surface area contributed by atoms with Gasteiger partial charge in [0.25, 0.3) is 0 Å². The highest BCUT2D eigenvalue weighted by atomic mass is 16.5. The standard InChI is InChI=1S/C15H25N3O2/c1-18(8-4-3-5-9-19)11-12-6-7-13(15(16)17)14(10-12)20-2/h6-7,10,19H,3-5,8-9,11H2,1-2H3,(H3,16,17). The summed E-state index contributed by atoms with van der Waals surface area (Å²) >= 11 is 0. The molecule has 0 amide bonds. The number of hydrogen-bond donors (Lipinski definition) is 3. The molecule has 0 saturated carbocycles. The Morgan fingerprint density at radius 3 is 2.70 bits per heavy atom. The van der Waals surface area contributed by atoms with Crippen LogP contribution in [0.3, 0.4) is 0 Å². The van der Waals surface area contributed by atoms with E-state index in [1.54, 1.807) is 7.11 Å². The highest BCUT2D eigenvalue weighted by Gasteiger charge is 2.08. The van der Waals surface area contributed by atoms with Crippen molar-refractivity contribution in [2.45, 2.75) is 25.8 Å². The van der Waals surface area contributed by atoms with Crippen molar-refractivity contribution in [1.29, 1.82) is 5.41 Å². The Bertz CT molecular complexity index is 435. The molecule has 20 heavy (non-hydrogen) atoms. The normalized spacial score (nSPS) is 10.8. The lowest BCUT2D eigenvalue weighted by molar-refractivity contribution is 0.271. The molecule has 1 aromatic carbocycles. The number of aliphatic hydroxyl groups excluding tert-OH is 1. The van der Waals surface area contributed by atoms with Crippen LogP contribution in [0.5, 0.6) is 5.75 Å². The van der Waals surface area contributed by atoms with Crippen molar-refractivity contribution in [2.75, 3.05) is 27.3 Å². The van der Waals surface area contributed by atoms with Crippen LogP contribution in [-0.4, -0.2) is 43.2 Å². The van der Waals surface area contributed by atoms with E-state index in [-0.39, 0.29) is 12.4 Å². The molecule has 0 radical (unpaired) electrons. The van der Waals surface area contributed by atoms with Gasteiger partial charge < -0.3 is 20.5 Å². The number of unbranched alkanes of at least 4 members (excludes halogenated alkanes) is 2. The first kappa shape index (κ1) is 16.5. The third kappa shape index (κ3) is 5.19. The van der Waals surface area contributed by atoms with Gasteiger partial charge in [-0.2, -0.15) is 0 Å². The topological polar surface area (TPSA) is 82.6 Å². The lowest BCUT2D eigenvalue weighted by Crippen LogP contribution is -2.19. The number of rotatable bonds is 9. The zero-order chi connectivity index (χ0) is 15.0. The van der Waals surface area contributed by atoms with Gasteiger partial charge in [0.1, 0.15) is 11.6 Å². The fraction of sp³-hybridized carbons (Fsp3) is 0.533. The van der Waals surface area contributed by atoms with Crippen LogP contribution in [0.2, 0.25) is 0 Å². The smallest absolute Gasteiger partial charge is 0.130 e. The Labute approximate surface area is 120 Å². The van der Waals surface area contributed by atoms with E-state index >= 15 is 0 Å². The van der Waals surface area contributed by atoms with Crippen LogP contribution in [0.1, 0.15) is 30.4 Å². The minimum atomic E-state index is 0.0192. The SMILES string of the molecule is COc1cc(CN(C)CCCCCO)ccc1C(=N)N. The summed E-state index contributed by atoms with van der Waals surface area (Å²) in [5, 5.41) is 16.2. The maximum atomic E-state index is 8.74. The van der Waals surface area contributed by atoms with E-state index < -0.39 is 0 Å². The van der Waals surface area contributed by atoms with Crippen molar-refractivity contribution in [2.24, 2.45) is 5.73 Å². The Hall–Kier alpha value is -1.59. The number of hydrogen-bond acceptors (Lipinski definition) is 4. The average Bonchev–Trinajstić information content (AvgIpc) is 2.43. The third-order valence-corrected chi connectivity index (χ3v) is 3.21. The fourth-order valence-corrected chi connectivity index (χ4v) is 2.12. The molecule has 4 N–H and O–H groups in total. The van der Waals surface area contributed by atoms with Crippen LogP contribution in [0.25, 0.3) is 0 Å². The number of ether oxygens (including phenoxy) is 1. The number of nitrogens with one attached hydrogen (secondary N) is 1. The molecule has 1 aromatic rings. The monoisotopic (exact) mass is 279 g/mol. The van der Waals surface area contributed by atoms with E-state index in [1.807, 2.05) is 18.2 Å². The predicted octanol–water partition coefficient (Wildman–Crippen LogP) is 1.57. The molecule has 0 saturated heterocycles. The highest BCUT2D eigenvalue weighted by Crippen LogP contribution is 2.20. The van der Waals surface area contributed by atoms with E-state index in [4.69, 9.17) is 21.0 Å². The lowest BCUT2D eigenvalue weighted by Gasteiger charge is -2.17. The summed E-state index contributed by atoms with van der Waals surface area (Å²) in [5.41, 5.74) is 7.27. The Morgan fingerprint density at radius 2 is 2.10 bits per heavy atom. The summed E-state index contributed by atoms with van der Waals surface area (Å²) in [6, 6.07) is 5.74. The van der Waals surface area contributed by atoms with Gasteiger partial charge in [-0.05, 0) is 50.6 Å². The van der Waals surface area contributed by atoms with E-state index in [0.29, 0.717) is 11.3 Å². The second kappa shape index (κ2) is 8.55. The van der Waals surface area contributed by atoms with Crippen LogP contribution < -0.4 is 10.5 Å². The number of nitrogen functional groups attached to an aromatic ring is 1. The van der Waals surface area contributed by atoms with Gasteiger partial charge in [0.15, 0.2) is 0 Å². The van der Waals surface area contributed by atoms with Gasteiger partial charge in [-0.1, -0.05) is 6.07 Å². The molecule has 5 nitrogen and oxygen atoms in total. The second-order valence-corrected chi connectivity index (χ2v) is 4.97. The van der Waals surface area contributed by atoms with Gasteiger partial charge in [0.2, 0.25) is 0 Å². The molecule has 0 atom stereocenters. The zero-order valence-corrected chi connectivity index (χ0v) is 12.4. The summed E-state index contributed by atoms with van der Waals surface area (Å²) in [7, 11) is 3.66. The molecular formula is C15H25N3O2. The molecule has 1 rings (SSSR count). The van der Waals surface area contributed by atoms with Crippen LogP contribution in [-0.2, 0) is 6.54 Å². The highest BCUT2D eigenvalue weighted by molar-refractivity contribution is 5.97. The number of nitrogens with two attached hydrogens (primary N) is 1. The fourth-order valence-electron chi connectivity index (χ4n) is 2.12. The molecule has 0 aliphatic rings. The molecular weight excluding hydrogens is 254 g/mol. The van der Waals surface area contributed by atoms with Crippen LogP contribution in [0.4, 0.5) is 0 Å². The van der Waals surface area contributed by atoms with Crippen LogP contribution in [0, 0.1) is 5.41 Å². The molecule has 0 heterocycles. The first-order valence-corrected chi connectivity index (χ1v) is 6.89. The summed E-state index contributed by atoms with van der Waals surface area (Å²) in [4.78, 5) is 2.24. The van der Waals surface area contributed by atoms with Crippen molar-refractivity contribution >= 4 is 5.84 Å². The number of benzene rings is 1. The summed E-state index contributed by atoms with van der Waals surface area (Å²) in [6.07, 6.45) is 3.00. The van der Waals surface area contributed by atoms with Gasteiger partial charge >= 0.3 is 0 Å². The molecule has 0 bridgehead atoms. The number of aliphatic hydroxyl groups is 1. The summed E-state index contributed by atoms with van der Waals surface area (Å²) in [5.74, 6) is 0.662. The largest absolute Gasteiger partial charge is 0.496 e. The number of amidine groups is 1. The molecule has 0 spiro atoms. The molecule has 0 aromatic heterocycles. The van der Waals surface area contributed by atoms with E-state index in [1.165, 1.54) is 0 Å². The van der Waals surface area contributed by atoms with Gasteiger partial charge in [0, 0.05) is 13.2 Å². The zero-order valence-electron chi connectivity index (χ0n) is 12.4. The molecule has 0 aliphatic heterocycles. The molecule has 0 fully saturated rings. The van der Waals surface area contributed by atoms with Gasteiger partial charge in [0.05, 0.1) is 12.7 Å². The first-order chi connectivity index (χ1) is 9.58. The minimum Gasteiger partial charge on any atom is -0.496 e. The number of nitrogens with zero attached hydrogens (tertiary/aromatic N) is 1. The van der Waals surface area contributed by atoms with Crippen LogP contribution >= 0.6 is 0 Å². The minimum absolute atomic E-state index is 0.0192. The van der Waals surface area contributed by atoms with E-state index in [0.717, 1.165) is 37.9 Å². The van der Waals surface area contributed by atoms with Gasteiger partial charge in [-0.25, -0.2) is 0 Å². The van der Waals surface area contributed by atoms with Gasteiger partial charge in [-0.15, -0.1) is 0 Å². The first-order valence-electron chi connectivity index (χ1n) is 6.89. The molecule has 5 heteroatoms. The van der Waals surface area contributed by atoms with Gasteiger partial charge in [-0.3, -0.25) is 5.41 Å². The quantitative estimate of drug-likeness (QED) is 0.364. The summed E-state index contributed by atoms with van der Waals surface area (Å²) < 4.78 is 5.27. The predicted molar refractivity (Wildman–Crippen MR) is 81.3 cm³/mol. The van der Waals surface area contributed by atoms with E-state index in [2.05, 4.69) is 11.9 Å². The third-order valence-electron chi connectivity index (χ3n) is 3.21.